The van der Waals surface area contributed by atoms with Crippen molar-refractivity contribution >= 4 is 17.3 Å². The maximum absolute atomic E-state index is 12.4. The summed E-state index contributed by atoms with van der Waals surface area (Å²) in [5.41, 5.74) is 2.62. The summed E-state index contributed by atoms with van der Waals surface area (Å²) in [5.74, 6) is 0.728. The van der Waals surface area contributed by atoms with E-state index in [9.17, 15) is 4.79 Å². The standard InChI is InChI=1S/C20H30N4O/c1-21-9-11-22(12-10-21)18-5-7-19(8-6-18)23-13-15-24(16-14-23)20(25)17-3-2-4-17/h5-8,17H,2-4,9-16H2,1H3. The van der Waals surface area contributed by atoms with Crippen LogP contribution in [-0.4, -0.2) is 75.1 Å². The van der Waals surface area contributed by atoms with Gasteiger partial charge in [0.25, 0.3) is 0 Å². The number of hydrogen-bond acceptors (Lipinski definition) is 4. The molecule has 0 spiro atoms. The van der Waals surface area contributed by atoms with E-state index in [1.54, 1.807) is 0 Å². The Labute approximate surface area is 151 Å². The third-order valence-corrected chi connectivity index (χ3v) is 6.13. The fraction of sp³-hybridized carbons (Fsp3) is 0.650. The van der Waals surface area contributed by atoms with Crippen molar-refractivity contribution in [3.63, 3.8) is 0 Å². The molecule has 2 aliphatic heterocycles. The van der Waals surface area contributed by atoms with Gasteiger partial charge < -0.3 is 19.6 Å². The Kier molecular flexibility index (Phi) is 4.84. The minimum atomic E-state index is 0.328. The molecule has 5 heteroatoms. The third kappa shape index (κ3) is 3.61. The van der Waals surface area contributed by atoms with Crippen molar-refractivity contribution in [3.05, 3.63) is 24.3 Å². The predicted octanol–water partition coefficient (Wildman–Crippen LogP) is 1.89. The van der Waals surface area contributed by atoms with Gasteiger partial charge in [0.2, 0.25) is 5.91 Å². The zero-order chi connectivity index (χ0) is 17.2. The second kappa shape index (κ2) is 7.24. The molecular weight excluding hydrogens is 312 g/mol. The number of carbonyl (C=O) groups excluding carboxylic acids is 1. The molecule has 2 heterocycles. The molecule has 4 rings (SSSR count). The second-order valence-corrected chi connectivity index (χ2v) is 7.75. The number of amides is 1. The molecule has 5 nitrogen and oxygen atoms in total. The SMILES string of the molecule is CN1CCN(c2ccc(N3CCN(C(=O)C4CCC4)CC3)cc2)CC1. The van der Waals surface area contributed by atoms with Gasteiger partial charge in [-0.1, -0.05) is 6.42 Å². The molecule has 0 atom stereocenters. The van der Waals surface area contributed by atoms with E-state index >= 15 is 0 Å². The highest BCUT2D eigenvalue weighted by Gasteiger charge is 2.31. The summed E-state index contributed by atoms with van der Waals surface area (Å²) < 4.78 is 0. The van der Waals surface area contributed by atoms with Crippen LogP contribution in [0.3, 0.4) is 0 Å². The van der Waals surface area contributed by atoms with Crippen LogP contribution in [0.1, 0.15) is 19.3 Å². The molecule has 1 amide bonds. The van der Waals surface area contributed by atoms with Crippen LogP contribution in [0.25, 0.3) is 0 Å². The Hall–Kier alpha value is -1.75. The number of nitrogens with zero attached hydrogens (tertiary/aromatic N) is 4. The molecule has 136 valence electrons. The van der Waals surface area contributed by atoms with Crippen molar-refractivity contribution in [1.82, 2.24) is 9.80 Å². The summed E-state index contributed by atoms with van der Waals surface area (Å²) in [5, 5.41) is 0. The minimum Gasteiger partial charge on any atom is -0.369 e. The van der Waals surface area contributed by atoms with E-state index in [1.807, 2.05) is 0 Å². The number of hydrogen-bond donors (Lipinski definition) is 0. The highest BCUT2D eigenvalue weighted by Crippen LogP contribution is 2.29. The summed E-state index contributed by atoms with van der Waals surface area (Å²) in [4.78, 5) is 21.7. The van der Waals surface area contributed by atoms with Gasteiger partial charge in [-0.05, 0) is 44.2 Å². The topological polar surface area (TPSA) is 30.0 Å². The third-order valence-electron chi connectivity index (χ3n) is 6.13. The summed E-state index contributed by atoms with van der Waals surface area (Å²) in [6.45, 7) is 8.14. The quantitative estimate of drug-likeness (QED) is 0.839. The smallest absolute Gasteiger partial charge is 0.225 e. The molecule has 1 aromatic rings. The van der Waals surface area contributed by atoms with Crippen molar-refractivity contribution < 1.29 is 4.79 Å². The molecule has 3 fully saturated rings. The molecule has 1 aliphatic carbocycles. The summed E-state index contributed by atoms with van der Waals surface area (Å²) in [6.07, 6.45) is 3.44. The highest BCUT2D eigenvalue weighted by molar-refractivity contribution is 5.80. The maximum atomic E-state index is 12.4. The van der Waals surface area contributed by atoms with Gasteiger partial charge in [0.05, 0.1) is 0 Å². The van der Waals surface area contributed by atoms with Gasteiger partial charge in [-0.3, -0.25) is 4.79 Å². The van der Waals surface area contributed by atoms with E-state index in [1.165, 1.54) is 17.8 Å². The van der Waals surface area contributed by atoms with Crippen molar-refractivity contribution in [3.8, 4) is 0 Å². The van der Waals surface area contributed by atoms with Crippen LogP contribution in [0.4, 0.5) is 11.4 Å². The lowest BCUT2D eigenvalue weighted by molar-refractivity contribution is -0.138. The normalized spacial score (nSPS) is 22.8. The number of anilines is 2. The van der Waals surface area contributed by atoms with Crippen LogP contribution in [0, 0.1) is 5.92 Å². The van der Waals surface area contributed by atoms with Crippen LogP contribution in [-0.2, 0) is 4.79 Å². The van der Waals surface area contributed by atoms with Gasteiger partial charge in [-0.15, -0.1) is 0 Å². The molecule has 0 bridgehead atoms. The molecule has 0 aromatic heterocycles. The van der Waals surface area contributed by atoms with Gasteiger partial charge in [0.15, 0.2) is 0 Å². The summed E-state index contributed by atoms with van der Waals surface area (Å²) >= 11 is 0. The van der Waals surface area contributed by atoms with E-state index in [0.717, 1.165) is 65.2 Å². The van der Waals surface area contributed by atoms with Crippen LogP contribution in [0.15, 0.2) is 24.3 Å². The van der Waals surface area contributed by atoms with Crippen molar-refractivity contribution in [1.29, 1.82) is 0 Å². The van der Waals surface area contributed by atoms with Crippen LogP contribution in [0.2, 0.25) is 0 Å². The van der Waals surface area contributed by atoms with Crippen molar-refractivity contribution in [2.24, 2.45) is 5.92 Å². The van der Waals surface area contributed by atoms with E-state index < -0.39 is 0 Å². The molecule has 3 aliphatic rings. The van der Waals surface area contributed by atoms with Crippen molar-refractivity contribution in [2.45, 2.75) is 19.3 Å². The number of piperazine rings is 2. The highest BCUT2D eigenvalue weighted by atomic mass is 16.2. The Morgan fingerprint density at radius 2 is 1.28 bits per heavy atom. The zero-order valence-electron chi connectivity index (χ0n) is 15.4. The van der Waals surface area contributed by atoms with Crippen LogP contribution in [0.5, 0.6) is 0 Å². The fourth-order valence-corrected chi connectivity index (χ4v) is 4.04. The molecule has 1 aromatic carbocycles. The van der Waals surface area contributed by atoms with Gasteiger partial charge in [0, 0.05) is 69.7 Å². The number of rotatable bonds is 3. The summed E-state index contributed by atoms with van der Waals surface area (Å²) in [7, 11) is 2.19. The molecular formula is C20H30N4O. The Morgan fingerprint density at radius 3 is 1.72 bits per heavy atom. The second-order valence-electron chi connectivity index (χ2n) is 7.75. The summed E-state index contributed by atoms with van der Waals surface area (Å²) in [6, 6.07) is 9.01. The first-order chi connectivity index (χ1) is 12.2. The molecule has 2 saturated heterocycles. The predicted molar refractivity (Wildman–Crippen MR) is 102 cm³/mol. The molecule has 25 heavy (non-hydrogen) atoms. The van der Waals surface area contributed by atoms with Crippen LogP contribution < -0.4 is 9.80 Å². The number of benzene rings is 1. The fourth-order valence-electron chi connectivity index (χ4n) is 4.04. The van der Waals surface area contributed by atoms with Crippen LogP contribution >= 0.6 is 0 Å². The van der Waals surface area contributed by atoms with E-state index in [-0.39, 0.29) is 0 Å². The van der Waals surface area contributed by atoms with Gasteiger partial charge in [-0.2, -0.15) is 0 Å². The number of carbonyl (C=O) groups is 1. The lowest BCUT2D eigenvalue weighted by atomic mass is 9.84. The first kappa shape index (κ1) is 16.7. The van der Waals surface area contributed by atoms with Gasteiger partial charge in [-0.25, -0.2) is 0 Å². The Balaban J connectivity index is 1.31. The average molecular weight is 342 g/mol. The Bertz CT molecular complexity index is 582. The molecule has 1 saturated carbocycles. The average Bonchev–Trinajstić information content (AvgIpc) is 2.61. The zero-order valence-corrected chi connectivity index (χ0v) is 15.4. The lowest BCUT2D eigenvalue weighted by Gasteiger charge is -2.39. The van der Waals surface area contributed by atoms with Gasteiger partial charge in [0.1, 0.15) is 0 Å². The monoisotopic (exact) mass is 342 g/mol. The minimum absolute atomic E-state index is 0.328. The molecule has 0 radical (unpaired) electrons. The van der Waals surface area contributed by atoms with Crippen molar-refractivity contribution in [2.75, 3.05) is 69.2 Å². The van der Waals surface area contributed by atoms with E-state index in [0.29, 0.717) is 11.8 Å². The first-order valence-electron chi connectivity index (χ1n) is 9.78. The molecule has 0 N–H and O–H groups in total. The molecule has 0 unspecified atom stereocenters. The Morgan fingerprint density at radius 1 is 0.800 bits per heavy atom. The van der Waals surface area contributed by atoms with E-state index in [4.69, 9.17) is 0 Å². The first-order valence-corrected chi connectivity index (χ1v) is 9.78. The largest absolute Gasteiger partial charge is 0.369 e. The maximum Gasteiger partial charge on any atom is 0.225 e. The van der Waals surface area contributed by atoms with Gasteiger partial charge >= 0.3 is 0 Å². The van der Waals surface area contributed by atoms with E-state index in [2.05, 4.69) is 50.9 Å². The number of likely N-dealkylation sites (N-methyl/N-ethyl adjacent to an activating group) is 1. The lowest BCUT2D eigenvalue weighted by Crippen LogP contribution is -2.51.